The number of benzene rings is 2. The number of rotatable bonds is 13. The maximum Gasteiger partial charge on any atom is 0.134 e. The Bertz CT molecular complexity index is 938. The van der Waals surface area contributed by atoms with Gasteiger partial charge in [0, 0.05) is 36.4 Å². The molecule has 0 saturated heterocycles. The molecule has 1 N–H and O–H groups in total. The van der Waals surface area contributed by atoms with E-state index in [2.05, 4.69) is 57.5 Å². The van der Waals surface area contributed by atoms with Gasteiger partial charge in [0.1, 0.15) is 5.84 Å². The normalized spacial score (nSPS) is 12.5. The van der Waals surface area contributed by atoms with E-state index in [0.29, 0.717) is 0 Å². The van der Waals surface area contributed by atoms with E-state index < -0.39 is 0 Å². The molecule has 4 rings (SSSR count). The molecule has 2 aromatic carbocycles. The minimum atomic E-state index is 1.01. The van der Waals surface area contributed by atoms with Gasteiger partial charge < -0.3 is 9.88 Å². The summed E-state index contributed by atoms with van der Waals surface area (Å²) in [6.45, 7) is 2.13. The lowest BCUT2D eigenvalue weighted by Gasteiger charge is -2.07. The van der Waals surface area contributed by atoms with E-state index >= 15 is 0 Å². The van der Waals surface area contributed by atoms with Gasteiger partial charge in [0.05, 0.1) is 12.0 Å². The van der Waals surface area contributed by atoms with Crippen LogP contribution in [0, 0.1) is 0 Å². The third kappa shape index (κ3) is 5.50. The van der Waals surface area contributed by atoms with Crippen LogP contribution >= 0.6 is 0 Å². The number of aryl methyl sites for hydroxylation is 1. The van der Waals surface area contributed by atoms with Gasteiger partial charge in [0.2, 0.25) is 0 Å². The maximum absolute atomic E-state index is 4.80. The van der Waals surface area contributed by atoms with E-state index in [-0.39, 0.29) is 0 Å². The standard InChI is InChI=1S/C26H34N4/c1(2-4-6-8-10-19-30-20-18-27-21-30)3-5-7-9-17-28-26-23-15-11-13-22-14-12-16-24(29-26)25(22)23/h11-16,18,20-21H,1-10,17,19H2,(H,28,29). The summed E-state index contributed by atoms with van der Waals surface area (Å²) >= 11 is 0. The van der Waals surface area contributed by atoms with Crippen LogP contribution in [0.5, 0.6) is 0 Å². The summed E-state index contributed by atoms with van der Waals surface area (Å²) in [6.07, 6.45) is 19.2. The van der Waals surface area contributed by atoms with Crippen LogP contribution in [0.15, 0.2) is 60.1 Å². The Morgan fingerprint density at radius 1 is 0.767 bits per heavy atom. The number of nitrogens with one attached hydrogen (secondary N) is 1. The van der Waals surface area contributed by atoms with Crippen molar-refractivity contribution in [3.8, 4) is 0 Å². The molecule has 3 aromatic rings. The lowest BCUT2D eigenvalue weighted by molar-refractivity contribution is 0.531. The van der Waals surface area contributed by atoms with Crippen LogP contribution in [0.1, 0.15) is 69.8 Å². The molecule has 30 heavy (non-hydrogen) atoms. The summed E-state index contributed by atoms with van der Waals surface area (Å²) in [5.74, 6) is 1.05. The average molecular weight is 403 g/mol. The Kier molecular flexibility index (Phi) is 7.54. The third-order valence-electron chi connectivity index (χ3n) is 6.06. The first-order valence-corrected chi connectivity index (χ1v) is 11.7. The number of hydrogen-bond donors (Lipinski definition) is 1. The minimum Gasteiger partial charge on any atom is -0.370 e. The van der Waals surface area contributed by atoms with Crippen molar-refractivity contribution in [3.63, 3.8) is 0 Å². The second-order valence-electron chi connectivity index (χ2n) is 8.40. The molecule has 158 valence electrons. The number of imidazole rings is 1. The summed E-state index contributed by atoms with van der Waals surface area (Å²) < 4.78 is 2.17. The van der Waals surface area contributed by atoms with E-state index in [1.807, 2.05) is 12.5 Å². The molecule has 0 atom stereocenters. The van der Waals surface area contributed by atoms with Crippen molar-refractivity contribution in [3.05, 3.63) is 60.7 Å². The van der Waals surface area contributed by atoms with Crippen molar-refractivity contribution in [1.82, 2.24) is 14.9 Å². The highest BCUT2D eigenvalue weighted by molar-refractivity contribution is 6.18. The molecule has 0 aliphatic carbocycles. The molecule has 2 heterocycles. The highest BCUT2D eigenvalue weighted by Crippen LogP contribution is 2.34. The third-order valence-corrected chi connectivity index (χ3v) is 6.06. The molecular formula is C26H34N4. The molecule has 0 bridgehead atoms. The number of nitrogens with zero attached hydrogens (tertiary/aromatic N) is 3. The van der Waals surface area contributed by atoms with E-state index in [1.165, 1.54) is 80.5 Å². The molecule has 0 unspecified atom stereocenters. The van der Waals surface area contributed by atoms with Crippen LogP contribution in [-0.4, -0.2) is 21.9 Å². The van der Waals surface area contributed by atoms with Gasteiger partial charge in [-0.25, -0.2) is 9.98 Å². The molecule has 1 aliphatic rings. The lowest BCUT2D eigenvalue weighted by Crippen LogP contribution is -2.24. The molecule has 4 heteroatoms. The molecule has 0 amide bonds. The van der Waals surface area contributed by atoms with E-state index in [4.69, 9.17) is 4.99 Å². The Morgan fingerprint density at radius 2 is 1.47 bits per heavy atom. The number of amidine groups is 1. The Balaban J connectivity index is 1.00. The molecule has 0 spiro atoms. The summed E-state index contributed by atoms with van der Waals surface area (Å²) in [5, 5.41) is 6.15. The van der Waals surface area contributed by atoms with Crippen LogP contribution in [0.25, 0.3) is 10.8 Å². The van der Waals surface area contributed by atoms with Gasteiger partial charge in [-0.15, -0.1) is 0 Å². The summed E-state index contributed by atoms with van der Waals surface area (Å²) in [7, 11) is 0. The Hall–Kier alpha value is -2.62. The van der Waals surface area contributed by atoms with Gasteiger partial charge in [-0.05, 0) is 24.3 Å². The fraction of sp³-hybridized carbons (Fsp3) is 0.462. The first-order chi connectivity index (χ1) is 14.9. The van der Waals surface area contributed by atoms with Gasteiger partial charge in [-0.2, -0.15) is 0 Å². The number of aromatic nitrogens is 2. The smallest absolute Gasteiger partial charge is 0.134 e. The Labute approximate surface area is 180 Å². The van der Waals surface area contributed by atoms with Gasteiger partial charge >= 0.3 is 0 Å². The first-order valence-electron chi connectivity index (χ1n) is 11.7. The van der Waals surface area contributed by atoms with Gasteiger partial charge in [-0.3, -0.25) is 0 Å². The summed E-state index contributed by atoms with van der Waals surface area (Å²) in [5.41, 5.74) is 2.36. The molecule has 1 aromatic heterocycles. The predicted octanol–water partition coefficient (Wildman–Crippen LogP) is 6.62. The number of hydrogen-bond acceptors (Lipinski definition) is 3. The fourth-order valence-electron chi connectivity index (χ4n) is 4.39. The summed E-state index contributed by atoms with van der Waals surface area (Å²) in [4.78, 5) is 8.89. The van der Waals surface area contributed by atoms with Crippen molar-refractivity contribution < 1.29 is 0 Å². The molecule has 4 nitrogen and oxygen atoms in total. The van der Waals surface area contributed by atoms with Crippen LogP contribution < -0.4 is 5.32 Å². The first kappa shape index (κ1) is 20.6. The van der Waals surface area contributed by atoms with Crippen molar-refractivity contribution >= 4 is 22.3 Å². The van der Waals surface area contributed by atoms with Crippen molar-refractivity contribution in [2.75, 3.05) is 6.54 Å². The lowest BCUT2D eigenvalue weighted by atomic mass is 10.0. The van der Waals surface area contributed by atoms with Crippen molar-refractivity contribution in [2.24, 2.45) is 4.99 Å². The predicted molar refractivity (Wildman–Crippen MR) is 127 cm³/mol. The van der Waals surface area contributed by atoms with E-state index in [1.54, 1.807) is 0 Å². The largest absolute Gasteiger partial charge is 0.370 e. The molecule has 0 radical (unpaired) electrons. The van der Waals surface area contributed by atoms with Crippen LogP contribution in [0.3, 0.4) is 0 Å². The van der Waals surface area contributed by atoms with Gasteiger partial charge in [0.15, 0.2) is 0 Å². The SMILES string of the molecule is c1cc2c3c(cccc3c1)C(NCCCCCCCCCCCCn1ccnc1)=N2. The van der Waals surface area contributed by atoms with Crippen molar-refractivity contribution in [1.29, 1.82) is 0 Å². The molecule has 1 aliphatic heterocycles. The number of aliphatic imine (C=N–C) groups is 1. The van der Waals surface area contributed by atoms with Crippen LogP contribution in [-0.2, 0) is 6.54 Å². The van der Waals surface area contributed by atoms with Gasteiger partial charge in [0.25, 0.3) is 0 Å². The highest BCUT2D eigenvalue weighted by atomic mass is 15.0. The summed E-state index contributed by atoms with van der Waals surface area (Å²) in [6, 6.07) is 12.9. The molecule has 0 fully saturated rings. The molecular weight excluding hydrogens is 368 g/mol. The average Bonchev–Trinajstić information content (AvgIpc) is 3.41. The molecule has 0 saturated carbocycles. The number of unbranched alkanes of at least 4 members (excludes halogenated alkanes) is 9. The quantitative estimate of drug-likeness (QED) is 0.326. The zero-order valence-corrected chi connectivity index (χ0v) is 18.0. The van der Waals surface area contributed by atoms with Crippen LogP contribution in [0.4, 0.5) is 5.69 Å². The monoisotopic (exact) mass is 402 g/mol. The minimum absolute atomic E-state index is 1.01. The zero-order valence-electron chi connectivity index (χ0n) is 18.0. The zero-order chi connectivity index (χ0) is 20.4. The second kappa shape index (κ2) is 11.0. The van der Waals surface area contributed by atoms with Gasteiger partial charge in [-0.1, -0.05) is 81.7 Å². The Morgan fingerprint density at radius 3 is 2.20 bits per heavy atom. The second-order valence-corrected chi connectivity index (χ2v) is 8.40. The van der Waals surface area contributed by atoms with E-state index in [9.17, 15) is 0 Å². The van der Waals surface area contributed by atoms with Crippen molar-refractivity contribution in [2.45, 2.75) is 70.8 Å². The van der Waals surface area contributed by atoms with Crippen LogP contribution in [0.2, 0.25) is 0 Å². The fourth-order valence-corrected chi connectivity index (χ4v) is 4.39. The van der Waals surface area contributed by atoms with E-state index in [0.717, 1.165) is 24.6 Å². The highest BCUT2D eigenvalue weighted by Gasteiger charge is 2.17. The maximum atomic E-state index is 4.80. The topological polar surface area (TPSA) is 42.2 Å².